The number of carboxylic acid groups (broad SMARTS) is 1. The molecule has 1 N–H and O–H groups in total. The molecule has 1 heterocycles. The molecule has 2 unspecified atom stereocenters. The first-order valence-electron chi connectivity index (χ1n) is 6.90. The van der Waals surface area contributed by atoms with E-state index in [0.717, 1.165) is 36.1 Å². The molecule has 0 bridgehead atoms. The number of carbonyl (C=O) groups is 1. The van der Waals surface area contributed by atoms with Crippen LogP contribution in [0.4, 0.5) is 0 Å². The average Bonchev–Trinajstić information content (AvgIpc) is 3.09. The molecule has 1 aliphatic carbocycles. The van der Waals surface area contributed by atoms with Crippen molar-refractivity contribution >= 4 is 17.0 Å². The van der Waals surface area contributed by atoms with E-state index in [1.54, 1.807) is 12.1 Å². The summed E-state index contributed by atoms with van der Waals surface area (Å²) in [7, 11) is 0. The largest absolute Gasteiger partial charge is 0.478 e. The maximum Gasteiger partial charge on any atom is 0.337 e. The number of rotatable bonds is 4. The number of benzene rings is 1. The standard InChI is InChI=1S/C15H18N2O2/c1-3-9-8-12(9)17-13(4-2)16-11-7-5-6-10(14(11)17)15(18)19/h5-7,9,12H,3-4,8H2,1-2H3,(H,18,19). The maximum absolute atomic E-state index is 11.4. The SMILES string of the molecule is CCc1nc2cccc(C(=O)O)c2n1C1CC1CC. The molecule has 0 radical (unpaired) electrons. The number of carboxylic acids is 1. The van der Waals surface area contributed by atoms with Crippen molar-refractivity contribution in [2.24, 2.45) is 5.92 Å². The second-order valence-corrected chi connectivity index (χ2v) is 5.20. The molecular weight excluding hydrogens is 240 g/mol. The molecule has 1 aromatic heterocycles. The van der Waals surface area contributed by atoms with Crippen LogP contribution in [0.2, 0.25) is 0 Å². The van der Waals surface area contributed by atoms with Crippen LogP contribution in [0.15, 0.2) is 18.2 Å². The minimum absolute atomic E-state index is 0.367. The van der Waals surface area contributed by atoms with Gasteiger partial charge in [0.25, 0.3) is 0 Å². The first-order valence-corrected chi connectivity index (χ1v) is 6.90. The molecule has 1 aliphatic rings. The Balaban J connectivity index is 2.25. The zero-order chi connectivity index (χ0) is 13.6. The summed E-state index contributed by atoms with van der Waals surface area (Å²) in [6, 6.07) is 5.78. The molecule has 1 fully saturated rings. The zero-order valence-corrected chi connectivity index (χ0v) is 11.3. The van der Waals surface area contributed by atoms with E-state index >= 15 is 0 Å². The fraction of sp³-hybridized carbons (Fsp3) is 0.467. The minimum Gasteiger partial charge on any atom is -0.478 e. The van der Waals surface area contributed by atoms with E-state index in [2.05, 4.69) is 23.4 Å². The highest BCUT2D eigenvalue weighted by atomic mass is 16.4. The zero-order valence-electron chi connectivity index (χ0n) is 11.3. The summed E-state index contributed by atoms with van der Waals surface area (Å²) in [6.07, 6.45) is 3.12. The van der Waals surface area contributed by atoms with Gasteiger partial charge in [-0.15, -0.1) is 0 Å². The number of nitrogens with zero attached hydrogens (tertiary/aromatic N) is 2. The van der Waals surface area contributed by atoms with E-state index in [-0.39, 0.29) is 0 Å². The third-order valence-electron chi connectivity index (χ3n) is 4.07. The number of hydrogen-bond acceptors (Lipinski definition) is 2. The molecule has 0 spiro atoms. The Kier molecular flexibility index (Phi) is 2.81. The summed E-state index contributed by atoms with van der Waals surface area (Å²) in [5.74, 6) is 0.803. The van der Waals surface area contributed by atoms with Crippen molar-refractivity contribution < 1.29 is 9.90 Å². The van der Waals surface area contributed by atoms with Crippen LogP contribution in [0.1, 0.15) is 48.9 Å². The highest BCUT2D eigenvalue weighted by molar-refractivity contribution is 6.01. The quantitative estimate of drug-likeness (QED) is 0.915. The maximum atomic E-state index is 11.4. The molecule has 4 nitrogen and oxygen atoms in total. The molecule has 0 amide bonds. The Morgan fingerprint density at radius 3 is 2.84 bits per heavy atom. The second kappa shape index (κ2) is 4.37. The van der Waals surface area contributed by atoms with Gasteiger partial charge >= 0.3 is 5.97 Å². The molecule has 1 saturated carbocycles. The molecule has 0 aliphatic heterocycles. The van der Waals surface area contributed by atoms with E-state index < -0.39 is 5.97 Å². The molecule has 100 valence electrons. The summed E-state index contributed by atoms with van der Waals surface area (Å²) < 4.78 is 2.17. The van der Waals surface area contributed by atoms with Crippen molar-refractivity contribution in [3.05, 3.63) is 29.6 Å². The lowest BCUT2D eigenvalue weighted by atomic mass is 10.2. The van der Waals surface area contributed by atoms with Crippen LogP contribution in [0.5, 0.6) is 0 Å². The predicted octanol–water partition coefficient (Wildman–Crippen LogP) is 3.27. The van der Waals surface area contributed by atoms with E-state index in [4.69, 9.17) is 0 Å². The first kappa shape index (κ1) is 12.2. The van der Waals surface area contributed by atoms with Gasteiger partial charge in [-0.05, 0) is 24.5 Å². The lowest BCUT2D eigenvalue weighted by molar-refractivity contribution is 0.0698. The van der Waals surface area contributed by atoms with Crippen molar-refractivity contribution in [3.8, 4) is 0 Å². The van der Waals surface area contributed by atoms with Gasteiger partial charge in [-0.3, -0.25) is 0 Å². The van der Waals surface area contributed by atoms with Gasteiger partial charge in [0, 0.05) is 12.5 Å². The number of aryl methyl sites for hydroxylation is 1. The van der Waals surface area contributed by atoms with Crippen LogP contribution in [0, 0.1) is 5.92 Å². The Morgan fingerprint density at radius 2 is 2.26 bits per heavy atom. The van der Waals surface area contributed by atoms with Gasteiger partial charge in [0.05, 0.1) is 16.6 Å². The number of para-hydroxylation sites is 1. The summed E-state index contributed by atoms with van der Waals surface area (Å²) in [4.78, 5) is 16.0. The second-order valence-electron chi connectivity index (χ2n) is 5.20. The number of fused-ring (bicyclic) bond motifs is 1. The van der Waals surface area contributed by atoms with Crippen molar-refractivity contribution in [1.29, 1.82) is 0 Å². The number of aromatic nitrogens is 2. The van der Waals surface area contributed by atoms with Gasteiger partial charge in [0.2, 0.25) is 0 Å². The highest BCUT2D eigenvalue weighted by Gasteiger charge is 2.39. The van der Waals surface area contributed by atoms with Crippen LogP contribution < -0.4 is 0 Å². The summed E-state index contributed by atoms with van der Waals surface area (Å²) in [5, 5.41) is 9.37. The van der Waals surface area contributed by atoms with Crippen molar-refractivity contribution in [2.75, 3.05) is 0 Å². The van der Waals surface area contributed by atoms with Gasteiger partial charge in [-0.25, -0.2) is 9.78 Å². The van der Waals surface area contributed by atoms with Crippen LogP contribution in [-0.4, -0.2) is 20.6 Å². The van der Waals surface area contributed by atoms with Crippen molar-refractivity contribution in [2.45, 2.75) is 39.2 Å². The first-order chi connectivity index (χ1) is 9.17. The van der Waals surface area contributed by atoms with E-state index in [1.807, 2.05) is 6.07 Å². The van der Waals surface area contributed by atoms with Gasteiger partial charge in [0.15, 0.2) is 0 Å². The molecule has 2 aromatic rings. The van der Waals surface area contributed by atoms with Crippen LogP contribution in [-0.2, 0) is 6.42 Å². The van der Waals surface area contributed by atoms with Crippen LogP contribution >= 0.6 is 0 Å². The van der Waals surface area contributed by atoms with Crippen LogP contribution in [0.3, 0.4) is 0 Å². The van der Waals surface area contributed by atoms with E-state index in [9.17, 15) is 9.90 Å². The minimum atomic E-state index is -0.872. The Morgan fingerprint density at radius 1 is 1.47 bits per heavy atom. The fourth-order valence-electron chi connectivity index (χ4n) is 2.96. The third kappa shape index (κ3) is 1.82. The Labute approximate surface area is 112 Å². The molecule has 1 aromatic carbocycles. The van der Waals surface area contributed by atoms with E-state index in [1.165, 1.54) is 0 Å². The smallest absolute Gasteiger partial charge is 0.337 e. The van der Waals surface area contributed by atoms with Crippen molar-refractivity contribution in [3.63, 3.8) is 0 Å². The molecule has 4 heteroatoms. The average molecular weight is 258 g/mol. The van der Waals surface area contributed by atoms with Gasteiger partial charge < -0.3 is 9.67 Å². The molecular formula is C15H18N2O2. The van der Waals surface area contributed by atoms with Crippen molar-refractivity contribution in [1.82, 2.24) is 9.55 Å². The highest BCUT2D eigenvalue weighted by Crippen LogP contribution is 2.48. The Hall–Kier alpha value is -1.84. The molecule has 3 rings (SSSR count). The number of hydrogen-bond donors (Lipinski definition) is 1. The lowest BCUT2D eigenvalue weighted by Crippen LogP contribution is -2.06. The lowest BCUT2D eigenvalue weighted by Gasteiger charge is -2.09. The summed E-state index contributed by atoms with van der Waals surface area (Å²) in [5.41, 5.74) is 1.97. The summed E-state index contributed by atoms with van der Waals surface area (Å²) in [6.45, 7) is 4.26. The third-order valence-corrected chi connectivity index (χ3v) is 4.07. The summed E-state index contributed by atoms with van der Waals surface area (Å²) >= 11 is 0. The normalized spacial score (nSPS) is 21.8. The van der Waals surface area contributed by atoms with E-state index in [0.29, 0.717) is 17.5 Å². The Bertz CT molecular complexity index is 645. The number of imidazole rings is 1. The van der Waals surface area contributed by atoms with Gasteiger partial charge in [-0.1, -0.05) is 26.3 Å². The fourth-order valence-corrected chi connectivity index (χ4v) is 2.96. The topological polar surface area (TPSA) is 55.1 Å². The van der Waals surface area contributed by atoms with Crippen LogP contribution in [0.25, 0.3) is 11.0 Å². The monoisotopic (exact) mass is 258 g/mol. The molecule has 19 heavy (non-hydrogen) atoms. The number of aromatic carboxylic acids is 1. The van der Waals surface area contributed by atoms with Gasteiger partial charge in [-0.2, -0.15) is 0 Å². The molecule has 0 saturated heterocycles. The van der Waals surface area contributed by atoms with Gasteiger partial charge in [0.1, 0.15) is 5.82 Å². The predicted molar refractivity (Wildman–Crippen MR) is 73.5 cm³/mol. The molecule has 2 atom stereocenters.